The van der Waals surface area contributed by atoms with Crippen LogP contribution in [0.5, 0.6) is 0 Å². The summed E-state index contributed by atoms with van der Waals surface area (Å²) in [6.45, 7) is 6.99. The van der Waals surface area contributed by atoms with Gasteiger partial charge in [0.25, 0.3) is 0 Å². The van der Waals surface area contributed by atoms with Crippen molar-refractivity contribution in [1.82, 2.24) is 14.7 Å². The summed E-state index contributed by atoms with van der Waals surface area (Å²) in [5.41, 5.74) is 0.930. The first-order chi connectivity index (χ1) is 11.2. The molecule has 2 rings (SSSR count). The van der Waals surface area contributed by atoms with Crippen molar-refractivity contribution >= 4 is 11.7 Å². The smallest absolute Gasteiger partial charge is 0.239 e. The van der Waals surface area contributed by atoms with Gasteiger partial charge in [-0.3, -0.25) is 14.4 Å². The number of hydrogen-bond donors (Lipinski definition) is 2. The Hall–Kier alpha value is -1.40. The number of amides is 1. The Bertz CT molecular complexity index is 554. The molecule has 24 heavy (non-hydrogen) atoms. The highest BCUT2D eigenvalue weighted by molar-refractivity contribution is 5.91. The van der Waals surface area contributed by atoms with Gasteiger partial charge >= 0.3 is 0 Å². The Morgan fingerprint density at radius 2 is 2.00 bits per heavy atom. The number of hydrogen-bond acceptors (Lipinski definition) is 4. The lowest BCUT2D eigenvalue weighted by Crippen LogP contribution is -2.40. The number of aryl methyl sites for hydroxylation is 1. The number of nitrogens with one attached hydrogen (secondary N) is 1. The van der Waals surface area contributed by atoms with Gasteiger partial charge in [0.1, 0.15) is 5.82 Å². The van der Waals surface area contributed by atoms with Crippen LogP contribution >= 0.6 is 0 Å². The summed E-state index contributed by atoms with van der Waals surface area (Å²) < 4.78 is 1.73. The Balaban J connectivity index is 1.88. The fourth-order valence-corrected chi connectivity index (χ4v) is 3.26. The molecular formula is C18H32N4O2. The van der Waals surface area contributed by atoms with Gasteiger partial charge in [0.2, 0.25) is 5.91 Å². The maximum absolute atomic E-state index is 12.4. The Kier molecular flexibility index (Phi) is 6.04. The number of rotatable bonds is 5. The number of aliphatic hydroxyl groups is 1. The molecule has 0 atom stereocenters. The lowest BCUT2D eigenvalue weighted by Gasteiger charge is -2.33. The predicted octanol–water partition coefficient (Wildman–Crippen LogP) is 2.14. The Labute approximate surface area is 145 Å². The van der Waals surface area contributed by atoms with Crippen LogP contribution in [0.2, 0.25) is 0 Å². The van der Waals surface area contributed by atoms with Gasteiger partial charge < -0.3 is 10.4 Å². The molecule has 1 aliphatic carbocycles. The van der Waals surface area contributed by atoms with E-state index in [2.05, 4.69) is 36.1 Å². The lowest BCUT2D eigenvalue weighted by molar-refractivity contribution is -0.117. The van der Waals surface area contributed by atoms with Gasteiger partial charge in [-0.15, -0.1) is 0 Å². The van der Waals surface area contributed by atoms with E-state index in [0.29, 0.717) is 18.5 Å². The lowest BCUT2D eigenvalue weighted by atomic mass is 9.86. The number of aromatic nitrogens is 2. The van der Waals surface area contributed by atoms with Gasteiger partial charge in [-0.05, 0) is 38.6 Å². The second kappa shape index (κ2) is 7.66. The third kappa shape index (κ3) is 4.80. The first-order valence-electron chi connectivity index (χ1n) is 8.86. The summed E-state index contributed by atoms with van der Waals surface area (Å²) in [4.78, 5) is 14.5. The quantitative estimate of drug-likeness (QED) is 0.864. The fraction of sp³-hybridized carbons (Fsp3) is 0.778. The molecule has 0 aromatic carbocycles. The monoisotopic (exact) mass is 336 g/mol. The van der Waals surface area contributed by atoms with E-state index in [4.69, 9.17) is 0 Å². The van der Waals surface area contributed by atoms with Crippen molar-refractivity contribution in [2.24, 2.45) is 13.0 Å². The van der Waals surface area contributed by atoms with Crippen molar-refractivity contribution in [3.63, 3.8) is 0 Å². The van der Waals surface area contributed by atoms with Gasteiger partial charge in [-0.25, -0.2) is 0 Å². The number of likely N-dealkylation sites (N-methyl/N-ethyl adjacent to an activating group) is 1. The molecule has 1 fully saturated rings. The fourth-order valence-electron chi connectivity index (χ4n) is 3.26. The van der Waals surface area contributed by atoms with E-state index in [1.165, 1.54) is 0 Å². The predicted molar refractivity (Wildman–Crippen MR) is 96.0 cm³/mol. The van der Waals surface area contributed by atoms with E-state index >= 15 is 0 Å². The topological polar surface area (TPSA) is 70.4 Å². The molecule has 1 aliphatic rings. The molecule has 0 aliphatic heterocycles. The van der Waals surface area contributed by atoms with Crippen LogP contribution in [-0.2, 0) is 17.3 Å². The van der Waals surface area contributed by atoms with Crippen LogP contribution in [0.25, 0.3) is 0 Å². The van der Waals surface area contributed by atoms with E-state index in [9.17, 15) is 9.90 Å². The number of aliphatic hydroxyl groups excluding tert-OH is 1. The number of carbonyl (C=O) groups excluding carboxylic acids is 1. The number of nitrogens with zero attached hydrogens (tertiary/aromatic N) is 3. The van der Waals surface area contributed by atoms with E-state index < -0.39 is 0 Å². The summed E-state index contributed by atoms with van der Waals surface area (Å²) in [5, 5.41) is 16.7. The molecule has 1 aromatic heterocycles. The molecule has 1 amide bonds. The summed E-state index contributed by atoms with van der Waals surface area (Å²) in [7, 11) is 3.86. The average Bonchev–Trinajstić information content (AvgIpc) is 2.88. The van der Waals surface area contributed by atoms with Gasteiger partial charge in [0, 0.05) is 31.2 Å². The first-order valence-corrected chi connectivity index (χ1v) is 8.86. The van der Waals surface area contributed by atoms with E-state index in [-0.39, 0.29) is 17.9 Å². The molecule has 0 spiro atoms. The molecule has 0 bridgehead atoms. The zero-order valence-corrected chi connectivity index (χ0v) is 15.7. The third-order valence-electron chi connectivity index (χ3n) is 5.01. The second-order valence-corrected chi connectivity index (χ2v) is 8.11. The van der Waals surface area contributed by atoms with Crippen molar-refractivity contribution in [1.29, 1.82) is 0 Å². The highest BCUT2D eigenvalue weighted by Crippen LogP contribution is 2.27. The Morgan fingerprint density at radius 3 is 2.50 bits per heavy atom. The molecular weight excluding hydrogens is 304 g/mol. The van der Waals surface area contributed by atoms with E-state index in [1.807, 2.05) is 20.2 Å². The maximum Gasteiger partial charge on any atom is 0.239 e. The number of carbonyl (C=O) groups is 1. The normalized spacial score (nSPS) is 22.0. The van der Waals surface area contributed by atoms with Crippen molar-refractivity contribution in [2.75, 3.05) is 25.5 Å². The van der Waals surface area contributed by atoms with Crippen LogP contribution in [-0.4, -0.2) is 51.9 Å². The summed E-state index contributed by atoms with van der Waals surface area (Å²) in [6.07, 6.45) is 4.19. The summed E-state index contributed by atoms with van der Waals surface area (Å²) in [6, 6.07) is 2.37. The minimum absolute atomic E-state index is 0.00904. The largest absolute Gasteiger partial charge is 0.396 e. The zero-order valence-electron chi connectivity index (χ0n) is 15.7. The summed E-state index contributed by atoms with van der Waals surface area (Å²) in [5.74, 6) is 1.17. The summed E-state index contributed by atoms with van der Waals surface area (Å²) >= 11 is 0. The third-order valence-corrected chi connectivity index (χ3v) is 5.01. The average molecular weight is 336 g/mol. The van der Waals surface area contributed by atoms with Crippen molar-refractivity contribution in [3.05, 3.63) is 11.8 Å². The maximum atomic E-state index is 12.4. The standard InChI is InChI=1S/C18H32N4O2/c1-18(2,3)15-10-16(22(5)20-15)19-17(24)11-21(4)14-8-6-13(12-23)7-9-14/h10,13-14,23H,6-9,11-12H2,1-5H3,(H,19,24). The van der Waals surface area contributed by atoms with Gasteiger partial charge in [0.15, 0.2) is 0 Å². The second-order valence-electron chi connectivity index (χ2n) is 8.11. The van der Waals surface area contributed by atoms with E-state index in [1.54, 1.807) is 4.68 Å². The number of anilines is 1. The van der Waals surface area contributed by atoms with Crippen LogP contribution in [0.3, 0.4) is 0 Å². The SMILES string of the molecule is CN(CC(=O)Nc1cc(C(C)(C)C)nn1C)C1CCC(CO)CC1. The minimum atomic E-state index is -0.0388. The van der Waals surface area contributed by atoms with Crippen molar-refractivity contribution in [2.45, 2.75) is 57.9 Å². The van der Waals surface area contributed by atoms with Crippen molar-refractivity contribution in [3.8, 4) is 0 Å². The van der Waals surface area contributed by atoms with Crippen molar-refractivity contribution < 1.29 is 9.90 Å². The highest BCUT2D eigenvalue weighted by atomic mass is 16.3. The molecule has 0 radical (unpaired) electrons. The molecule has 2 N–H and O–H groups in total. The van der Waals surface area contributed by atoms with Crippen LogP contribution in [0, 0.1) is 5.92 Å². The first kappa shape index (κ1) is 18.9. The van der Waals surface area contributed by atoms with Crippen LogP contribution < -0.4 is 5.32 Å². The molecule has 0 saturated heterocycles. The molecule has 1 saturated carbocycles. The molecule has 6 nitrogen and oxygen atoms in total. The molecule has 6 heteroatoms. The van der Waals surface area contributed by atoms with E-state index in [0.717, 1.165) is 37.2 Å². The molecule has 136 valence electrons. The van der Waals surface area contributed by atoms with Crippen LogP contribution in [0.15, 0.2) is 6.07 Å². The highest BCUT2D eigenvalue weighted by Gasteiger charge is 2.25. The van der Waals surface area contributed by atoms with Gasteiger partial charge in [0.05, 0.1) is 12.2 Å². The minimum Gasteiger partial charge on any atom is -0.396 e. The molecule has 1 heterocycles. The molecule has 1 aromatic rings. The van der Waals surface area contributed by atoms with Crippen LogP contribution in [0.4, 0.5) is 5.82 Å². The van der Waals surface area contributed by atoms with Crippen LogP contribution in [0.1, 0.15) is 52.1 Å². The zero-order chi connectivity index (χ0) is 17.9. The Morgan fingerprint density at radius 1 is 1.38 bits per heavy atom. The van der Waals surface area contributed by atoms with Gasteiger partial charge in [-0.1, -0.05) is 20.8 Å². The van der Waals surface area contributed by atoms with Gasteiger partial charge in [-0.2, -0.15) is 5.10 Å². The molecule has 0 unspecified atom stereocenters.